The SMILES string of the molecule is COCCNCCNCc1ccc2c(c1)OCCO2. The summed E-state index contributed by atoms with van der Waals surface area (Å²) in [5, 5.41) is 6.68. The molecule has 1 heterocycles. The number of hydrogen-bond acceptors (Lipinski definition) is 5. The highest BCUT2D eigenvalue weighted by atomic mass is 16.6. The Morgan fingerprint density at radius 1 is 1.05 bits per heavy atom. The molecule has 1 aromatic carbocycles. The van der Waals surface area contributed by atoms with E-state index in [0.717, 1.165) is 44.3 Å². The molecule has 0 aliphatic carbocycles. The molecule has 1 aliphatic heterocycles. The summed E-state index contributed by atoms with van der Waals surface area (Å²) >= 11 is 0. The summed E-state index contributed by atoms with van der Waals surface area (Å²) in [7, 11) is 1.71. The van der Waals surface area contributed by atoms with Gasteiger partial charge in [0.1, 0.15) is 13.2 Å². The summed E-state index contributed by atoms with van der Waals surface area (Å²) in [5.41, 5.74) is 1.21. The molecule has 2 rings (SSSR count). The summed E-state index contributed by atoms with van der Waals surface area (Å²) in [5.74, 6) is 1.69. The summed E-state index contributed by atoms with van der Waals surface area (Å²) in [4.78, 5) is 0. The number of hydrogen-bond donors (Lipinski definition) is 2. The van der Waals surface area contributed by atoms with Gasteiger partial charge < -0.3 is 24.8 Å². The van der Waals surface area contributed by atoms with Gasteiger partial charge in [0.05, 0.1) is 6.61 Å². The van der Waals surface area contributed by atoms with Crippen LogP contribution in [-0.2, 0) is 11.3 Å². The van der Waals surface area contributed by atoms with Crippen molar-refractivity contribution in [2.24, 2.45) is 0 Å². The fourth-order valence-corrected chi connectivity index (χ4v) is 1.91. The first-order valence-electron chi connectivity index (χ1n) is 6.69. The van der Waals surface area contributed by atoms with E-state index in [-0.39, 0.29) is 0 Å². The molecule has 0 spiro atoms. The molecule has 0 saturated heterocycles. The summed E-state index contributed by atoms with van der Waals surface area (Å²) in [6.07, 6.45) is 0. The van der Waals surface area contributed by atoms with Gasteiger partial charge in [0.2, 0.25) is 0 Å². The first-order valence-corrected chi connectivity index (χ1v) is 6.69. The number of benzene rings is 1. The number of methoxy groups -OCH3 is 1. The average molecular weight is 266 g/mol. The lowest BCUT2D eigenvalue weighted by atomic mass is 10.2. The molecule has 0 atom stereocenters. The van der Waals surface area contributed by atoms with Gasteiger partial charge in [-0.05, 0) is 17.7 Å². The van der Waals surface area contributed by atoms with Gasteiger partial charge in [0.15, 0.2) is 11.5 Å². The Labute approximate surface area is 114 Å². The lowest BCUT2D eigenvalue weighted by Gasteiger charge is -2.19. The molecule has 1 aliphatic rings. The van der Waals surface area contributed by atoms with Crippen LogP contribution in [0.2, 0.25) is 0 Å². The standard InChI is InChI=1S/C14H22N2O3/c1-17-7-6-15-4-5-16-11-12-2-3-13-14(10-12)19-9-8-18-13/h2-3,10,15-16H,4-9,11H2,1H3. The zero-order valence-electron chi connectivity index (χ0n) is 11.4. The van der Waals surface area contributed by atoms with Gasteiger partial charge in [-0.25, -0.2) is 0 Å². The maximum Gasteiger partial charge on any atom is 0.161 e. The van der Waals surface area contributed by atoms with Crippen molar-refractivity contribution in [3.05, 3.63) is 23.8 Å². The van der Waals surface area contributed by atoms with Crippen molar-refractivity contribution >= 4 is 0 Å². The number of fused-ring (bicyclic) bond motifs is 1. The fourth-order valence-electron chi connectivity index (χ4n) is 1.91. The minimum absolute atomic E-state index is 0.632. The highest BCUT2D eigenvalue weighted by Crippen LogP contribution is 2.30. The first kappa shape index (κ1) is 14.1. The van der Waals surface area contributed by atoms with E-state index in [4.69, 9.17) is 14.2 Å². The smallest absolute Gasteiger partial charge is 0.161 e. The van der Waals surface area contributed by atoms with Crippen LogP contribution in [0, 0.1) is 0 Å². The Hall–Kier alpha value is -1.30. The maximum atomic E-state index is 5.56. The molecule has 0 fully saturated rings. The van der Waals surface area contributed by atoms with E-state index < -0.39 is 0 Å². The zero-order valence-corrected chi connectivity index (χ0v) is 11.4. The van der Waals surface area contributed by atoms with Crippen LogP contribution in [0.25, 0.3) is 0 Å². The molecule has 106 valence electrons. The van der Waals surface area contributed by atoms with E-state index in [9.17, 15) is 0 Å². The lowest BCUT2D eigenvalue weighted by molar-refractivity contribution is 0.171. The molecule has 1 aromatic rings. The Balaban J connectivity index is 1.66. The minimum Gasteiger partial charge on any atom is -0.486 e. The van der Waals surface area contributed by atoms with Crippen molar-refractivity contribution in [1.29, 1.82) is 0 Å². The molecule has 5 heteroatoms. The molecule has 0 bridgehead atoms. The van der Waals surface area contributed by atoms with Crippen LogP contribution in [0.4, 0.5) is 0 Å². The molecule has 0 aromatic heterocycles. The van der Waals surface area contributed by atoms with Crippen LogP contribution in [0.5, 0.6) is 11.5 Å². The van der Waals surface area contributed by atoms with E-state index in [1.54, 1.807) is 7.11 Å². The predicted molar refractivity (Wildman–Crippen MR) is 73.9 cm³/mol. The first-order chi connectivity index (χ1) is 9.40. The van der Waals surface area contributed by atoms with Crippen LogP contribution in [0.3, 0.4) is 0 Å². The molecule has 0 saturated carbocycles. The summed E-state index contributed by atoms with van der Waals surface area (Å²) in [6, 6.07) is 6.08. The van der Waals surface area contributed by atoms with Crippen LogP contribution in [-0.4, -0.2) is 46.6 Å². The molecule has 2 N–H and O–H groups in total. The Bertz CT molecular complexity index is 385. The van der Waals surface area contributed by atoms with Gasteiger partial charge in [-0.2, -0.15) is 0 Å². The molecular weight excluding hydrogens is 244 g/mol. The average Bonchev–Trinajstić information content (AvgIpc) is 2.46. The number of ether oxygens (including phenoxy) is 3. The van der Waals surface area contributed by atoms with Crippen molar-refractivity contribution in [3.8, 4) is 11.5 Å². The normalized spacial score (nSPS) is 13.5. The largest absolute Gasteiger partial charge is 0.486 e. The van der Waals surface area contributed by atoms with Crippen LogP contribution >= 0.6 is 0 Å². The highest BCUT2D eigenvalue weighted by molar-refractivity contribution is 5.43. The van der Waals surface area contributed by atoms with Gasteiger partial charge in [-0.15, -0.1) is 0 Å². The quantitative estimate of drug-likeness (QED) is 0.681. The van der Waals surface area contributed by atoms with Crippen molar-refractivity contribution in [2.45, 2.75) is 6.54 Å². The predicted octanol–water partition coefficient (Wildman–Crippen LogP) is 0.783. The van der Waals surface area contributed by atoms with Crippen molar-refractivity contribution in [2.75, 3.05) is 46.6 Å². The zero-order chi connectivity index (χ0) is 13.3. The second kappa shape index (κ2) is 7.99. The van der Waals surface area contributed by atoms with Crippen LogP contribution < -0.4 is 20.1 Å². The molecule has 0 amide bonds. The van der Waals surface area contributed by atoms with Gasteiger partial charge in [-0.1, -0.05) is 6.07 Å². The number of rotatable bonds is 8. The van der Waals surface area contributed by atoms with Gasteiger partial charge >= 0.3 is 0 Å². The van der Waals surface area contributed by atoms with Gasteiger partial charge in [-0.3, -0.25) is 0 Å². The van der Waals surface area contributed by atoms with E-state index >= 15 is 0 Å². The summed E-state index contributed by atoms with van der Waals surface area (Å²) < 4.78 is 16.0. The van der Waals surface area contributed by atoms with E-state index in [0.29, 0.717) is 13.2 Å². The van der Waals surface area contributed by atoms with Crippen molar-refractivity contribution < 1.29 is 14.2 Å². The van der Waals surface area contributed by atoms with Crippen molar-refractivity contribution in [1.82, 2.24) is 10.6 Å². The fraction of sp³-hybridized carbons (Fsp3) is 0.571. The second-order valence-corrected chi connectivity index (χ2v) is 4.40. The Morgan fingerprint density at radius 3 is 2.68 bits per heavy atom. The molecular formula is C14H22N2O3. The Morgan fingerprint density at radius 2 is 1.84 bits per heavy atom. The topological polar surface area (TPSA) is 51.8 Å². The van der Waals surface area contributed by atoms with E-state index in [1.807, 2.05) is 12.1 Å². The molecule has 0 unspecified atom stereocenters. The second-order valence-electron chi connectivity index (χ2n) is 4.40. The minimum atomic E-state index is 0.632. The van der Waals surface area contributed by atoms with E-state index in [1.165, 1.54) is 5.56 Å². The van der Waals surface area contributed by atoms with E-state index in [2.05, 4.69) is 16.7 Å². The van der Waals surface area contributed by atoms with Crippen LogP contribution in [0.15, 0.2) is 18.2 Å². The van der Waals surface area contributed by atoms with Crippen LogP contribution in [0.1, 0.15) is 5.56 Å². The van der Waals surface area contributed by atoms with Gasteiger partial charge in [0.25, 0.3) is 0 Å². The number of nitrogens with one attached hydrogen (secondary N) is 2. The molecule has 5 nitrogen and oxygen atoms in total. The lowest BCUT2D eigenvalue weighted by Crippen LogP contribution is -2.29. The third kappa shape index (κ3) is 4.70. The Kier molecular flexibility index (Phi) is 5.94. The van der Waals surface area contributed by atoms with Crippen molar-refractivity contribution in [3.63, 3.8) is 0 Å². The molecule has 0 radical (unpaired) electrons. The highest BCUT2D eigenvalue weighted by Gasteiger charge is 2.11. The monoisotopic (exact) mass is 266 g/mol. The maximum absolute atomic E-state index is 5.56. The molecule has 19 heavy (non-hydrogen) atoms. The third-order valence-corrected chi connectivity index (χ3v) is 2.90. The van der Waals surface area contributed by atoms with Gasteiger partial charge in [0, 0.05) is 33.3 Å². The summed E-state index contributed by atoms with van der Waals surface area (Å²) in [6.45, 7) is 5.62. The third-order valence-electron chi connectivity index (χ3n) is 2.90.